The molecule has 2 heterocycles. The van der Waals surface area contributed by atoms with Gasteiger partial charge in [0, 0.05) is 55.0 Å². The number of carbonyl (C=O) groups is 3. The summed E-state index contributed by atoms with van der Waals surface area (Å²) in [5.74, 6) is -0.0446. The van der Waals surface area contributed by atoms with E-state index in [1.165, 1.54) is 11.8 Å². The monoisotopic (exact) mass is 597 g/mol. The Kier molecular flexibility index (Phi) is 13.3. The van der Waals surface area contributed by atoms with Crippen molar-refractivity contribution in [3.8, 4) is 0 Å². The number of fused-ring (bicyclic) bond motifs is 1. The Labute approximate surface area is 259 Å². The molecule has 44 heavy (non-hydrogen) atoms. The third kappa shape index (κ3) is 10.5. The second kappa shape index (κ2) is 17.3. The van der Waals surface area contributed by atoms with Gasteiger partial charge in [0.1, 0.15) is 5.84 Å². The molecule has 0 saturated heterocycles. The molecule has 232 valence electrons. The van der Waals surface area contributed by atoms with Gasteiger partial charge >= 0.3 is 0 Å². The number of carbonyl (C=O) groups excluding carboxylic acids is 3. The number of pyridine rings is 1. The summed E-state index contributed by atoms with van der Waals surface area (Å²) < 4.78 is 0. The number of nitrogens with two attached hydrogens (primary N) is 2. The largest absolute Gasteiger partial charge is 0.387 e. The number of aromatic nitrogens is 1. The third-order valence-corrected chi connectivity index (χ3v) is 6.65. The van der Waals surface area contributed by atoms with Crippen molar-refractivity contribution in [2.45, 2.75) is 59.0 Å². The maximum Gasteiger partial charge on any atom is 0.255 e. The molecule has 10 nitrogen and oxygen atoms in total. The Balaban J connectivity index is 0.000000448. The maximum absolute atomic E-state index is 13.1. The van der Waals surface area contributed by atoms with Crippen molar-refractivity contribution in [1.82, 2.24) is 15.2 Å². The standard InChI is InChI=1S/C25H30N6O3.C9H13N/c1-3-7-31(8-4-2)25(34)20-10-18-5-6-19(11-22(18)30-23(26)12-20)24(33)29-21-9-17(13-27-15-21)14-28-16-32;1-8(10)7-9-5-3-2-4-6-9/h5-6,9-11,13,15-16H,3-4,7-8,12,14H2,1-2H3,(H2,26,30)(H,28,32)(H,29,33);2-6,8H,7,10H2,1H3. The molecule has 0 saturated carbocycles. The second-order valence-electron chi connectivity index (χ2n) is 10.7. The van der Waals surface area contributed by atoms with E-state index in [2.05, 4.69) is 32.7 Å². The van der Waals surface area contributed by atoms with Gasteiger partial charge in [0.05, 0.1) is 17.6 Å². The molecule has 1 atom stereocenters. The Morgan fingerprint density at radius 2 is 1.75 bits per heavy atom. The van der Waals surface area contributed by atoms with Gasteiger partial charge in [-0.3, -0.25) is 19.4 Å². The molecule has 1 aliphatic heterocycles. The molecule has 10 heteroatoms. The van der Waals surface area contributed by atoms with Crippen molar-refractivity contribution in [3.05, 3.63) is 94.8 Å². The van der Waals surface area contributed by atoms with Crippen LogP contribution in [-0.4, -0.2) is 53.1 Å². The fourth-order valence-electron chi connectivity index (χ4n) is 4.73. The van der Waals surface area contributed by atoms with E-state index in [1.807, 2.05) is 49.9 Å². The molecular weight excluding hydrogens is 554 g/mol. The number of hydrogen-bond acceptors (Lipinski definition) is 7. The lowest BCUT2D eigenvalue weighted by Crippen LogP contribution is -2.34. The van der Waals surface area contributed by atoms with Gasteiger partial charge in [-0.1, -0.05) is 50.2 Å². The van der Waals surface area contributed by atoms with Crippen LogP contribution in [0.4, 0.5) is 11.4 Å². The molecule has 2 aromatic carbocycles. The highest BCUT2D eigenvalue weighted by atomic mass is 16.2. The maximum atomic E-state index is 13.1. The smallest absolute Gasteiger partial charge is 0.255 e. The van der Waals surface area contributed by atoms with Crippen molar-refractivity contribution in [3.63, 3.8) is 0 Å². The molecule has 0 radical (unpaired) electrons. The van der Waals surface area contributed by atoms with Gasteiger partial charge in [-0.15, -0.1) is 0 Å². The summed E-state index contributed by atoms with van der Waals surface area (Å²) in [4.78, 5) is 46.8. The first-order chi connectivity index (χ1) is 21.2. The van der Waals surface area contributed by atoms with Gasteiger partial charge in [-0.25, -0.2) is 4.99 Å². The minimum absolute atomic E-state index is 0.0343. The summed E-state index contributed by atoms with van der Waals surface area (Å²) in [6.45, 7) is 7.80. The quantitative estimate of drug-likeness (QED) is 0.224. The fourth-order valence-corrected chi connectivity index (χ4v) is 4.73. The van der Waals surface area contributed by atoms with E-state index in [0.717, 1.165) is 30.4 Å². The van der Waals surface area contributed by atoms with E-state index in [4.69, 9.17) is 11.5 Å². The van der Waals surface area contributed by atoms with Crippen molar-refractivity contribution in [2.24, 2.45) is 16.5 Å². The van der Waals surface area contributed by atoms with Crippen LogP contribution < -0.4 is 22.1 Å². The molecule has 1 aliphatic rings. The van der Waals surface area contributed by atoms with E-state index in [-0.39, 0.29) is 24.3 Å². The van der Waals surface area contributed by atoms with Crippen LogP contribution in [0.3, 0.4) is 0 Å². The first-order valence-corrected chi connectivity index (χ1v) is 14.9. The SMILES string of the molecule is CC(N)Cc1ccccc1.CCCN(CCC)C(=O)C1=Cc2ccc(C(=O)Nc3cncc(CNC=O)c3)cc2N=C(N)C1. The molecule has 1 unspecified atom stereocenters. The van der Waals surface area contributed by atoms with Gasteiger partial charge in [0.15, 0.2) is 0 Å². The lowest BCUT2D eigenvalue weighted by molar-refractivity contribution is -0.127. The zero-order valence-corrected chi connectivity index (χ0v) is 25.8. The normalized spacial score (nSPS) is 12.6. The minimum atomic E-state index is -0.333. The summed E-state index contributed by atoms with van der Waals surface area (Å²) in [5, 5.41) is 5.37. The van der Waals surface area contributed by atoms with E-state index in [9.17, 15) is 14.4 Å². The number of anilines is 1. The molecule has 0 spiro atoms. The predicted molar refractivity (Wildman–Crippen MR) is 176 cm³/mol. The van der Waals surface area contributed by atoms with Gasteiger partial charge < -0.3 is 27.0 Å². The minimum Gasteiger partial charge on any atom is -0.387 e. The summed E-state index contributed by atoms with van der Waals surface area (Å²) in [6, 6.07) is 17.4. The van der Waals surface area contributed by atoms with Crippen LogP contribution in [0, 0.1) is 0 Å². The van der Waals surface area contributed by atoms with E-state index >= 15 is 0 Å². The summed E-state index contributed by atoms with van der Waals surface area (Å²) in [7, 11) is 0. The molecule has 3 aromatic rings. The molecule has 6 N–H and O–H groups in total. The fraction of sp³-hybridized carbons (Fsp3) is 0.324. The zero-order chi connectivity index (χ0) is 31.9. The van der Waals surface area contributed by atoms with Gasteiger partial charge in [0.25, 0.3) is 5.91 Å². The van der Waals surface area contributed by atoms with Crippen LogP contribution in [0.1, 0.15) is 67.1 Å². The van der Waals surface area contributed by atoms with Crippen LogP contribution in [-0.2, 0) is 22.6 Å². The number of aliphatic imine (C=N–C) groups is 1. The molecular formula is C34H43N7O3. The van der Waals surface area contributed by atoms with E-state index in [0.29, 0.717) is 54.4 Å². The van der Waals surface area contributed by atoms with Crippen molar-refractivity contribution in [1.29, 1.82) is 0 Å². The number of amidine groups is 1. The number of amides is 3. The Morgan fingerprint density at radius 3 is 2.41 bits per heavy atom. The van der Waals surface area contributed by atoms with Crippen molar-refractivity contribution >= 4 is 41.5 Å². The topological polar surface area (TPSA) is 156 Å². The summed E-state index contributed by atoms with van der Waals surface area (Å²) in [5.41, 5.74) is 16.6. The highest BCUT2D eigenvalue weighted by Gasteiger charge is 2.21. The van der Waals surface area contributed by atoms with Crippen LogP contribution in [0.5, 0.6) is 0 Å². The third-order valence-electron chi connectivity index (χ3n) is 6.65. The average Bonchev–Trinajstić information content (AvgIpc) is 3.17. The lowest BCUT2D eigenvalue weighted by atomic mass is 10.0. The average molecular weight is 598 g/mol. The number of rotatable bonds is 12. The summed E-state index contributed by atoms with van der Waals surface area (Å²) >= 11 is 0. The van der Waals surface area contributed by atoms with Crippen molar-refractivity contribution in [2.75, 3.05) is 18.4 Å². The molecule has 1 aromatic heterocycles. The number of nitrogens with one attached hydrogen (secondary N) is 2. The van der Waals surface area contributed by atoms with E-state index < -0.39 is 0 Å². The Bertz CT molecular complexity index is 1460. The Morgan fingerprint density at radius 1 is 1.02 bits per heavy atom. The number of hydrogen-bond donors (Lipinski definition) is 4. The zero-order valence-electron chi connectivity index (χ0n) is 25.8. The van der Waals surface area contributed by atoms with Crippen LogP contribution in [0.15, 0.2) is 77.6 Å². The summed E-state index contributed by atoms with van der Waals surface area (Å²) in [6.07, 6.45) is 8.54. The van der Waals surface area contributed by atoms with Crippen molar-refractivity contribution < 1.29 is 14.4 Å². The van der Waals surface area contributed by atoms with Crippen LogP contribution >= 0.6 is 0 Å². The molecule has 0 aliphatic carbocycles. The predicted octanol–water partition coefficient (Wildman–Crippen LogP) is 4.58. The van der Waals surface area contributed by atoms with Crippen LogP contribution in [0.25, 0.3) is 6.08 Å². The number of nitrogens with zero attached hydrogens (tertiary/aromatic N) is 3. The first kappa shape index (κ1) is 33.7. The number of benzene rings is 2. The van der Waals surface area contributed by atoms with Gasteiger partial charge in [0.2, 0.25) is 12.3 Å². The van der Waals surface area contributed by atoms with Crippen LogP contribution in [0.2, 0.25) is 0 Å². The van der Waals surface area contributed by atoms with Gasteiger partial charge in [-0.05, 0) is 61.6 Å². The first-order valence-electron chi connectivity index (χ1n) is 14.9. The van der Waals surface area contributed by atoms with E-state index in [1.54, 1.807) is 30.5 Å². The van der Waals surface area contributed by atoms with Gasteiger partial charge in [-0.2, -0.15) is 0 Å². The lowest BCUT2D eigenvalue weighted by Gasteiger charge is -2.22. The molecule has 3 amide bonds. The molecule has 0 fully saturated rings. The highest BCUT2D eigenvalue weighted by molar-refractivity contribution is 6.07. The highest BCUT2D eigenvalue weighted by Crippen LogP contribution is 2.29. The molecule has 4 rings (SSSR count). The molecule has 0 bridgehead atoms. The Hall–Kier alpha value is -4.83. The second-order valence-corrected chi connectivity index (χ2v) is 10.7.